The number of ether oxygens (including phenoxy) is 1. The first-order valence-corrected chi connectivity index (χ1v) is 15.8. The first kappa shape index (κ1) is 34.0. The predicted octanol–water partition coefficient (Wildman–Crippen LogP) is 7.33. The maximum atomic E-state index is 15.9. The van der Waals surface area contributed by atoms with E-state index in [4.69, 9.17) is 4.74 Å². The summed E-state index contributed by atoms with van der Waals surface area (Å²) in [5, 5.41) is 24.2. The normalized spacial score (nSPS) is 16.5. The van der Waals surface area contributed by atoms with Gasteiger partial charge in [0.2, 0.25) is 0 Å². The largest absolute Gasteiger partial charge is 0.444 e. The van der Waals surface area contributed by atoms with E-state index in [1.807, 2.05) is 44.2 Å². The minimum absolute atomic E-state index is 0.0410. The summed E-state index contributed by atoms with van der Waals surface area (Å²) in [6, 6.07) is 16.0. The first-order valence-electron chi connectivity index (χ1n) is 15.8. The van der Waals surface area contributed by atoms with Crippen LogP contribution in [0.4, 0.5) is 32.2 Å². The Labute approximate surface area is 278 Å². The molecule has 2 atom stereocenters. The van der Waals surface area contributed by atoms with E-state index >= 15 is 4.39 Å². The Bertz CT molecular complexity index is 1830. The number of fused-ring (bicyclic) bond motifs is 1. The summed E-state index contributed by atoms with van der Waals surface area (Å²) in [6.45, 7) is 9.02. The average Bonchev–Trinajstić information content (AvgIpc) is 3.02. The van der Waals surface area contributed by atoms with Gasteiger partial charge in [-0.05, 0) is 65.2 Å². The average molecular weight is 658 g/mol. The molecular formula is C35H40FN7O5. The number of alkyl carbamates (subject to hydrolysis) is 1. The van der Waals surface area contributed by atoms with Gasteiger partial charge < -0.3 is 26.0 Å². The van der Waals surface area contributed by atoms with Crippen LogP contribution in [0.5, 0.6) is 0 Å². The smallest absolute Gasteiger partial charge is 0.407 e. The molecule has 1 aliphatic carbocycles. The molecule has 1 aliphatic rings. The van der Waals surface area contributed by atoms with Crippen LogP contribution in [-0.4, -0.2) is 44.6 Å². The Morgan fingerprint density at radius 3 is 2.35 bits per heavy atom. The van der Waals surface area contributed by atoms with Crippen LogP contribution < -0.4 is 21.3 Å². The fourth-order valence-corrected chi connectivity index (χ4v) is 5.74. The lowest BCUT2D eigenvalue weighted by Crippen LogP contribution is -2.50. The number of aromatic nitrogens is 2. The first-order chi connectivity index (χ1) is 22.7. The van der Waals surface area contributed by atoms with Gasteiger partial charge in [-0.1, -0.05) is 55.3 Å². The molecule has 2 aromatic heterocycles. The van der Waals surface area contributed by atoms with Crippen molar-refractivity contribution in [3.63, 3.8) is 0 Å². The van der Waals surface area contributed by atoms with Crippen molar-refractivity contribution in [2.75, 3.05) is 10.6 Å². The number of para-hydroxylation sites is 1. The Morgan fingerprint density at radius 1 is 0.958 bits per heavy atom. The number of nitro groups is 1. The number of hydrogen-bond donors (Lipinski definition) is 4. The van der Waals surface area contributed by atoms with Crippen LogP contribution >= 0.6 is 0 Å². The number of hydrogen-bond acceptors (Lipinski definition) is 9. The molecule has 48 heavy (non-hydrogen) atoms. The van der Waals surface area contributed by atoms with Gasteiger partial charge in [0.05, 0.1) is 34.0 Å². The molecule has 2 aromatic carbocycles. The number of non-ortho nitro benzene ring substituents is 1. The monoisotopic (exact) mass is 657 g/mol. The van der Waals surface area contributed by atoms with E-state index in [0.717, 1.165) is 24.5 Å². The van der Waals surface area contributed by atoms with Crippen LogP contribution in [-0.2, 0) is 10.3 Å². The third-order valence-corrected chi connectivity index (χ3v) is 8.08. The maximum Gasteiger partial charge on any atom is 0.407 e. The highest BCUT2D eigenvalue weighted by Crippen LogP contribution is 2.31. The number of benzene rings is 2. The fourth-order valence-electron chi connectivity index (χ4n) is 5.74. The summed E-state index contributed by atoms with van der Waals surface area (Å²) in [4.78, 5) is 46.2. The van der Waals surface area contributed by atoms with E-state index in [-0.39, 0.29) is 40.5 Å². The standard InChI is InChI=1S/C35H40FN7O5/c1-34(2,3)48-33(45)40-27-16-10-9-15-26(27)39-31-25(36)19-24(32(44)42-35(4,5)22-13-7-6-8-14-22)30(41-31)38-23-18-21-12-11-17-28(43(46)47)29(21)37-20-23/h6-8,11-14,17-20,26-27H,9-10,15-16H2,1-5H3,(H,40,45)(H,42,44)(H2,38,39,41)/t26-,27+/m0/s1. The molecule has 252 valence electrons. The summed E-state index contributed by atoms with van der Waals surface area (Å²) in [7, 11) is 0. The highest BCUT2D eigenvalue weighted by molar-refractivity contribution is 6.00. The maximum absolute atomic E-state index is 15.9. The van der Waals surface area contributed by atoms with Crippen molar-refractivity contribution in [3.8, 4) is 0 Å². The zero-order chi connectivity index (χ0) is 34.6. The summed E-state index contributed by atoms with van der Waals surface area (Å²) in [5.74, 6) is -1.39. The molecule has 0 aliphatic heterocycles. The highest BCUT2D eigenvalue weighted by Gasteiger charge is 2.31. The highest BCUT2D eigenvalue weighted by atomic mass is 19.1. The van der Waals surface area contributed by atoms with E-state index in [1.165, 1.54) is 12.3 Å². The van der Waals surface area contributed by atoms with Crippen molar-refractivity contribution in [2.45, 2.75) is 83.5 Å². The Balaban J connectivity index is 1.49. The van der Waals surface area contributed by atoms with Gasteiger partial charge >= 0.3 is 6.09 Å². The SMILES string of the molecule is CC(C)(C)OC(=O)N[C@@H]1CCCC[C@@H]1Nc1nc(Nc2cnc3c([N+](=O)[O-])cccc3c2)c(C(=O)NC(C)(C)c2ccccc2)cc1F. The third kappa shape index (κ3) is 8.14. The zero-order valence-corrected chi connectivity index (χ0v) is 27.6. The number of nitro benzene ring substituents is 1. The van der Waals surface area contributed by atoms with Gasteiger partial charge in [0.25, 0.3) is 11.6 Å². The molecule has 0 spiro atoms. The summed E-state index contributed by atoms with van der Waals surface area (Å²) >= 11 is 0. The van der Waals surface area contributed by atoms with Crippen LogP contribution in [0.3, 0.4) is 0 Å². The molecular weight excluding hydrogens is 617 g/mol. The lowest BCUT2D eigenvalue weighted by atomic mass is 9.90. The second-order valence-electron chi connectivity index (χ2n) is 13.4. The molecule has 13 heteroatoms. The molecule has 1 saturated carbocycles. The third-order valence-electron chi connectivity index (χ3n) is 8.08. The second-order valence-corrected chi connectivity index (χ2v) is 13.4. The van der Waals surface area contributed by atoms with Crippen molar-refractivity contribution in [1.29, 1.82) is 0 Å². The van der Waals surface area contributed by atoms with Gasteiger partial charge in [-0.2, -0.15) is 0 Å². The molecule has 4 aromatic rings. The lowest BCUT2D eigenvalue weighted by Gasteiger charge is -2.34. The molecule has 0 radical (unpaired) electrons. The molecule has 12 nitrogen and oxygen atoms in total. The van der Waals surface area contributed by atoms with Crippen LogP contribution in [0.1, 0.15) is 76.2 Å². The van der Waals surface area contributed by atoms with Gasteiger partial charge in [-0.25, -0.2) is 19.2 Å². The van der Waals surface area contributed by atoms with Crippen LogP contribution in [0.15, 0.2) is 66.9 Å². The Kier molecular flexibility index (Phi) is 9.78. The number of anilines is 3. The van der Waals surface area contributed by atoms with E-state index < -0.39 is 33.9 Å². The van der Waals surface area contributed by atoms with Crippen LogP contribution in [0.2, 0.25) is 0 Å². The van der Waals surface area contributed by atoms with E-state index in [9.17, 15) is 19.7 Å². The van der Waals surface area contributed by atoms with Gasteiger partial charge in [-0.3, -0.25) is 14.9 Å². The summed E-state index contributed by atoms with van der Waals surface area (Å²) < 4.78 is 21.3. The quantitative estimate of drug-likeness (QED) is 0.107. The van der Waals surface area contributed by atoms with Gasteiger partial charge in [-0.15, -0.1) is 0 Å². The number of amides is 2. The van der Waals surface area contributed by atoms with E-state index in [0.29, 0.717) is 23.9 Å². The number of nitrogens with one attached hydrogen (secondary N) is 4. The van der Waals surface area contributed by atoms with Gasteiger partial charge in [0.1, 0.15) is 16.9 Å². The van der Waals surface area contributed by atoms with Crippen LogP contribution in [0.25, 0.3) is 10.9 Å². The number of halogens is 1. The fraction of sp³-hybridized carbons (Fsp3) is 0.371. The number of carbonyl (C=O) groups excluding carboxylic acids is 2. The molecule has 5 rings (SSSR count). The minimum atomic E-state index is -0.810. The van der Waals surface area contributed by atoms with Crippen LogP contribution in [0, 0.1) is 15.9 Å². The minimum Gasteiger partial charge on any atom is -0.444 e. The number of carbonyl (C=O) groups is 2. The van der Waals surface area contributed by atoms with Gasteiger partial charge in [0, 0.05) is 17.5 Å². The zero-order valence-electron chi connectivity index (χ0n) is 27.6. The molecule has 0 unspecified atom stereocenters. The van der Waals surface area contributed by atoms with Crippen molar-refractivity contribution >= 4 is 45.9 Å². The van der Waals surface area contributed by atoms with Crippen molar-refractivity contribution in [3.05, 3.63) is 93.9 Å². The molecule has 2 heterocycles. The van der Waals surface area contributed by atoms with E-state index in [1.54, 1.807) is 39.0 Å². The van der Waals surface area contributed by atoms with Crippen molar-refractivity contribution < 1.29 is 23.6 Å². The molecule has 0 bridgehead atoms. The molecule has 4 N–H and O–H groups in total. The molecule has 0 saturated heterocycles. The Hall–Kier alpha value is -5.33. The van der Waals surface area contributed by atoms with Gasteiger partial charge in [0.15, 0.2) is 11.6 Å². The number of pyridine rings is 2. The number of rotatable bonds is 9. The van der Waals surface area contributed by atoms with E-state index in [2.05, 4.69) is 31.2 Å². The molecule has 1 fully saturated rings. The van der Waals surface area contributed by atoms with Crippen molar-refractivity contribution in [1.82, 2.24) is 20.6 Å². The lowest BCUT2D eigenvalue weighted by molar-refractivity contribution is -0.383. The predicted molar refractivity (Wildman–Crippen MR) is 182 cm³/mol. The second kappa shape index (κ2) is 13.8. The van der Waals surface area contributed by atoms with Crippen molar-refractivity contribution in [2.24, 2.45) is 0 Å². The summed E-state index contributed by atoms with van der Waals surface area (Å²) in [5.41, 5.74) is -0.263. The topological polar surface area (TPSA) is 160 Å². The summed E-state index contributed by atoms with van der Waals surface area (Å²) in [6.07, 6.45) is 3.88. The Morgan fingerprint density at radius 2 is 1.67 bits per heavy atom. The number of nitrogens with zero attached hydrogens (tertiary/aromatic N) is 3. The molecule has 2 amide bonds.